The van der Waals surface area contributed by atoms with Gasteiger partial charge in [-0.3, -0.25) is 4.79 Å². The van der Waals surface area contributed by atoms with E-state index in [1.54, 1.807) is 0 Å². The molecular weight excluding hydrogens is 298 g/mol. The molecule has 0 heterocycles. The fourth-order valence-corrected chi connectivity index (χ4v) is 2.73. The molecule has 3 heteroatoms. The van der Waals surface area contributed by atoms with Crippen LogP contribution in [0.2, 0.25) is 0 Å². The molecular formula is C21H27NO2. The van der Waals surface area contributed by atoms with E-state index in [0.29, 0.717) is 26.0 Å². The quantitative estimate of drug-likeness (QED) is 0.717. The third-order valence-corrected chi connectivity index (χ3v) is 4.02. The fraction of sp³-hybridized carbons (Fsp3) is 0.381. The highest BCUT2D eigenvalue weighted by atomic mass is 16.5. The van der Waals surface area contributed by atoms with Crippen LogP contribution in [0.5, 0.6) is 5.75 Å². The maximum absolute atomic E-state index is 12.7. The summed E-state index contributed by atoms with van der Waals surface area (Å²) < 4.78 is 5.65. The van der Waals surface area contributed by atoms with Crippen LogP contribution in [0.1, 0.15) is 38.3 Å². The van der Waals surface area contributed by atoms with Gasteiger partial charge in [-0.1, -0.05) is 48.5 Å². The number of carbonyl (C=O) groups excluding carboxylic acids is 1. The molecule has 0 aliphatic heterocycles. The van der Waals surface area contributed by atoms with Crippen LogP contribution in [0.3, 0.4) is 0 Å². The molecule has 128 valence electrons. The first-order valence-electron chi connectivity index (χ1n) is 8.66. The van der Waals surface area contributed by atoms with E-state index in [4.69, 9.17) is 4.74 Å². The highest BCUT2D eigenvalue weighted by Crippen LogP contribution is 2.20. The van der Waals surface area contributed by atoms with E-state index in [1.165, 1.54) is 0 Å². The van der Waals surface area contributed by atoms with Gasteiger partial charge in [0.05, 0.1) is 6.61 Å². The molecule has 2 rings (SSSR count). The fourth-order valence-electron chi connectivity index (χ4n) is 2.73. The smallest absolute Gasteiger partial charge is 0.223 e. The molecule has 3 nitrogen and oxygen atoms in total. The number of ether oxygens (including phenoxy) is 1. The Balaban J connectivity index is 2.01. The summed E-state index contributed by atoms with van der Waals surface area (Å²) >= 11 is 0. The van der Waals surface area contributed by atoms with Crippen molar-refractivity contribution in [3.8, 4) is 5.75 Å². The van der Waals surface area contributed by atoms with Crippen LogP contribution in [-0.2, 0) is 17.8 Å². The third kappa shape index (κ3) is 5.12. The summed E-state index contributed by atoms with van der Waals surface area (Å²) in [7, 11) is 0. The van der Waals surface area contributed by atoms with E-state index < -0.39 is 0 Å². The summed E-state index contributed by atoms with van der Waals surface area (Å²) in [6.45, 7) is 7.40. The van der Waals surface area contributed by atoms with Crippen molar-refractivity contribution in [3.63, 3.8) is 0 Å². The van der Waals surface area contributed by atoms with E-state index in [0.717, 1.165) is 16.9 Å². The maximum atomic E-state index is 12.7. The van der Waals surface area contributed by atoms with Crippen LogP contribution in [0, 0.1) is 0 Å². The standard InChI is InChI=1S/C21H27NO2/c1-4-24-20-13-9-8-12-19(20)14-15-21(23)22(17(2)3)16-18-10-6-5-7-11-18/h5-13,17H,4,14-16H2,1-3H3. The summed E-state index contributed by atoms with van der Waals surface area (Å²) in [5.41, 5.74) is 2.25. The first kappa shape index (κ1) is 18.1. The predicted octanol–water partition coefficient (Wildman–Crippen LogP) is 4.46. The van der Waals surface area contributed by atoms with Gasteiger partial charge in [0, 0.05) is 19.0 Å². The molecule has 0 aromatic heterocycles. The van der Waals surface area contributed by atoms with E-state index >= 15 is 0 Å². The Morgan fingerprint density at radius 1 is 1.04 bits per heavy atom. The Labute approximate surface area is 145 Å². The number of nitrogens with zero attached hydrogens (tertiary/aromatic N) is 1. The largest absolute Gasteiger partial charge is 0.494 e. The zero-order chi connectivity index (χ0) is 17.4. The van der Waals surface area contributed by atoms with Crippen LogP contribution in [-0.4, -0.2) is 23.5 Å². The number of hydrogen-bond acceptors (Lipinski definition) is 2. The van der Waals surface area contributed by atoms with Gasteiger partial charge in [0.15, 0.2) is 0 Å². The monoisotopic (exact) mass is 325 g/mol. The molecule has 0 atom stereocenters. The SMILES string of the molecule is CCOc1ccccc1CCC(=O)N(Cc1ccccc1)C(C)C. The van der Waals surface area contributed by atoms with E-state index in [-0.39, 0.29) is 11.9 Å². The second-order valence-corrected chi connectivity index (χ2v) is 6.14. The number of hydrogen-bond donors (Lipinski definition) is 0. The average Bonchev–Trinajstić information content (AvgIpc) is 2.59. The first-order chi connectivity index (χ1) is 11.6. The molecule has 1 amide bonds. The van der Waals surface area contributed by atoms with Gasteiger partial charge in [-0.2, -0.15) is 0 Å². The second-order valence-electron chi connectivity index (χ2n) is 6.14. The molecule has 0 aliphatic rings. The van der Waals surface area contributed by atoms with Gasteiger partial charge in [0.2, 0.25) is 5.91 Å². The van der Waals surface area contributed by atoms with Crippen molar-refractivity contribution in [1.29, 1.82) is 0 Å². The average molecular weight is 325 g/mol. The van der Waals surface area contributed by atoms with Gasteiger partial charge in [-0.05, 0) is 44.4 Å². The molecule has 0 spiro atoms. The zero-order valence-electron chi connectivity index (χ0n) is 14.9. The summed E-state index contributed by atoms with van der Waals surface area (Å²) in [5, 5.41) is 0. The highest BCUT2D eigenvalue weighted by Gasteiger charge is 2.17. The Hall–Kier alpha value is -2.29. The molecule has 0 radical (unpaired) electrons. The lowest BCUT2D eigenvalue weighted by molar-refractivity contribution is -0.133. The minimum Gasteiger partial charge on any atom is -0.494 e. The maximum Gasteiger partial charge on any atom is 0.223 e. The zero-order valence-corrected chi connectivity index (χ0v) is 14.9. The van der Waals surface area contributed by atoms with Gasteiger partial charge >= 0.3 is 0 Å². The second kappa shape index (κ2) is 9.11. The summed E-state index contributed by atoms with van der Waals surface area (Å²) in [5.74, 6) is 1.06. The van der Waals surface area contributed by atoms with Crippen molar-refractivity contribution in [1.82, 2.24) is 4.90 Å². The van der Waals surface area contributed by atoms with Gasteiger partial charge in [-0.25, -0.2) is 0 Å². The molecule has 0 aliphatic carbocycles. The lowest BCUT2D eigenvalue weighted by atomic mass is 10.1. The number of para-hydroxylation sites is 1. The van der Waals surface area contributed by atoms with E-state index in [9.17, 15) is 4.79 Å². The number of aryl methyl sites for hydroxylation is 1. The Kier molecular flexibility index (Phi) is 6.86. The molecule has 0 saturated heterocycles. The molecule has 0 saturated carbocycles. The lowest BCUT2D eigenvalue weighted by Gasteiger charge is -2.27. The Bertz CT molecular complexity index is 637. The molecule has 0 bridgehead atoms. The highest BCUT2D eigenvalue weighted by molar-refractivity contribution is 5.76. The van der Waals surface area contributed by atoms with Crippen LogP contribution in [0.15, 0.2) is 54.6 Å². The predicted molar refractivity (Wildman–Crippen MR) is 98.1 cm³/mol. The molecule has 2 aromatic carbocycles. The van der Waals surface area contributed by atoms with E-state index in [2.05, 4.69) is 26.0 Å². The van der Waals surface area contributed by atoms with Crippen LogP contribution < -0.4 is 4.74 Å². The van der Waals surface area contributed by atoms with Gasteiger partial charge in [-0.15, -0.1) is 0 Å². The van der Waals surface area contributed by atoms with Gasteiger partial charge in [0.1, 0.15) is 5.75 Å². The normalized spacial score (nSPS) is 10.7. The van der Waals surface area contributed by atoms with Crippen molar-refractivity contribution in [3.05, 3.63) is 65.7 Å². The van der Waals surface area contributed by atoms with Crippen molar-refractivity contribution in [2.45, 2.75) is 46.2 Å². The minimum atomic E-state index is 0.180. The number of benzene rings is 2. The van der Waals surface area contributed by atoms with Crippen molar-refractivity contribution >= 4 is 5.91 Å². The summed E-state index contributed by atoms with van der Waals surface area (Å²) in [6, 6.07) is 18.3. The number of carbonyl (C=O) groups is 1. The summed E-state index contributed by atoms with van der Waals surface area (Å²) in [4.78, 5) is 14.7. The topological polar surface area (TPSA) is 29.5 Å². The Morgan fingerprint density at radius 2 is 1.71 bits per heavy atom. The van der Waals surface area contributed by atoms with Crippen LogP contribution in [0.4, 0.5) is 0 Å². The van der Waals surface area contributed by atoms with Gasteiger partial charge < -0.3 is 9.64 Å². The van der Waals surface area contributed by atoms with Crippen molar-refractivity contribution in [2.24, 2.45) is 0 Å². The number of amides is 1. The van der Waals surface area contributed by atoms with Crippen LogP contribution >= 0.6 is 0 Å². The molecule has 0 fully saturated rings. The minimum absolute atomic E-state index is 0.180. The van der Waals surface area contributed by atoms with Gasteiger partial charge in [0.25, 0.3) is 0 Å². The first-order valence-corrected chi connectivity index (χ1v) is 8.66. The molecule has 2 aromatic rings. The molecule has 24 heavy (non-hydrogen) atoms. The summed E-state index contributed by atoms with van der Waals surface area (Å²) in [6.07, 6.45) is 1.20. The third-order valence-electron chi connectivity index (χ3n) is 4.02. The van der Waals surface area contributed by atoms with Crippen molar-refractivity contribution < 1.29 is 9.53 Å². The lowest BCUT2D eigenvalue weighted by Crippen LogP contribution is -2.36. The van der Waals surface area contributed by atoms with Crippen molar-refractivity contribution in [2.75, 3.05) is 6.61 Å². The molecule has 0 N–H and O–H groups in total. The van der Waals surface area contributed by atoms with E-state index in [1.807, 2.05) is 54.3 Å². The molecule has 0 unspecified atom stereocenters. The Morgan fingerprint density at radius 3 is 2.38 bits per heavy atom. The van der Waals surface area contributed by atoms with Crippen LogP contribution in [0.25, 0.3) is 0 Å². The number of rotatable bonds is 8.